The molecule has 0 aliphatic carbocycles. The average Bonchev–Trinajstić information content (AvgIpc) is 2.81. The molecule has 1 saturated heterocycles. The molecule has 168 valence electrons. The van der Waals surface area contributed by atoms with Crippen LogP contribution in [-0.4, -0.2) is 49.4 Å². The summed E-state index contributed by atoms with van der Waals surface area (Å²) in [7, 11) is 1.22. The van der Waals surface area contributed by atoms with Gasteiger partial charge in [-0.1, -0.05) is 12.1 Å². The van der Waals surface area contributed by atoms with Crippen molar-refractivity contribution in [3.05, 3.63) is 74.1 Å². The molecule has 9 nitrogen and oxygen atoms in total. The van der Waals surface area contributed by atoms with Crippen molar-refractivity contribution in [1.82, 2.24) is 4.90 Å². The molecule has 1 N–H and O–H groups in total. The van der Waals surface area contributed by atoms with Crippen molar-refractivity contribution in [3.8, 4) is 5.75 Å². The summed E-state index contributed by atoms with van der Waals surface area (Å²) in [5.74, 6) is -2.22. The molecule has 1 atom stereocenters. The first-order valence-electron chi connectivity index (χ1n) is 10.2. The van der Waals surface area contributed by atoms with Crippen molar-refractivity contribution in [1.29, 1.82) is 0 Å². The number of morpholine rings is 1. The van der Waals surface area contributed by atoms with E-state index in [1.54, 1.807) is 24.3 Å². The minimum Gasteiger partial charge on any atom is -0.502 e. The van der Waals surface area contributed by atoms with Gasteiger partial charge in [0.1, 0.15) is 11.3 Å². The predicted octanol–water partition coefficient (Wildman–Crippen LogP) is 1.98. The van der Waals surface area contributed by atoms with Gasteiger partial charge in [-0.05, 0) is 12.1 Å². The van der Waals surface area contributed by atoms with Gasteiger partial charge in [-0.3, -0.25) is 19.3 Å². The number of carbonyl (C=O) groups is 1. The van der Waals surface area contributed by atoms with Gasteiger partial charge < -0.3 is 23.4 Å². The molecule has 1 aliphatic rings. The normalized spacial score (nSPS) is 15.5. The SMILES string of the molecule is COC(=O)C[C@@H](c1oc(CN2CCOCC2)cc(=O)c1O)c1coc2ccccc2c1=O. The van der Waals surface area contributed by atoms with Crippen LogP contribution in [0.2, 0.25) is 0 Å². The number of para-hydroxylation sites is 1. The lowest BCUT2D eigenvalue weighted by molar-refractivity contribution is -0.140. The second-order valence-electron chi connectivity index (χ2n) is 7.53. The third kappa shape index (κ3) is 4.44. The highest BCUT2D eigenvalue weighted by Gasteiger charge is 2.30. The number of fused-ring (bicyclic) bond motifs is 1. The Morgan fingerprint density at radius 3 is 2.72 bits per heavy atom. The van der Waals surface area contributed by atoms with Crippen molar-refractivity contribution in [2.75, 3.05) is 33.4 Å². The van der Waals surface area contributed by atoms with Crippen molar-refractivity contribution >= 4 is 16.9 Å². The first kappa shape index (κ1) is 21.8. The predicted molar refractivity (Wildman–Crippen MR) is 114 cm³/mol. The fourth-order valence-corrected chi connectivity index (χ4v) is 3.78. The Morgan fingerprint density at radius 1 is 1.22 bits per heavy atom. The molecule has 0 radical (unpaired) electrons. The molecule has 0 amide bonds. The summed E-state index contributed by atoms with van der Waals surface area (Å²) < 4.78 is 21.6. The molecule has 2 aromatic heterocycles. The van der Waals surface area contributed by atoms with E-state index in [0.717, 1.165) is 0 Å². The number of hydrogen-bond donors (Lipinski definition) is 1. The van der Waals surface area contributed by atoms with E-state index in [-0.39, 0.29) is 23.2 Å². The average molecular weight is 441 g/mol. The molecule has 3 aromatic rings. The van der Waals surface area contributed by atoms with Gasteiger partial charge in [0, 0.05) is 24.7 Å². The van der Waals surface area contributed by atoms with E-state index in [1.807, 2.05) is 4.90 Å². The number of nitrogens with zero attached hydrogens (tertiary/aromatic N) is 1. The molecule has 32 heavy (non-hydrogen) atoms. The van der Waals surface area contributed by atoms with Crippen LogP contribution in [0.1, 0.15) is 29.4 Å². The zero-order chi connectivity index (χ0) is 22.7. The summed E-state index contributed by atoms with van der Waals surface area (Å²) in [6, 6.07) is 7.89. The molecule has 3 heterocycles. The van der Waals surface area contributed by atoms with Gasteiger partial charge in [-0.2, -0.15) is 0 Å². The standard InChI is InChI=1S/C23H23NO8/c1-29-20(26)11-16(17-13-31-19-5-3-2-4-15(19)21(17)27)23-22(28)18(25)10-14(32-23)12-24-6-8-30-9-7-24/h2-5,10,13,16,28H,6-9,11-12H2,1H3/t16-/m1/s1. The van der Waals surface area contributed by atoms with Crippen LogP contribution >= 0.6 is 0 Å². The highest BCUT2D eigenvalue weighted by Crippen LogP contribution is 2.33. The van der Waals surface area contributed by atoms with Crippen molar-refractivity contribution in [3.63, 3.8) is 0 Å². The van der Waals surface area contributed by atoms with Crippen LogP contribution in [0, 0.1) is 0 Å². The monoisotopic (exact) mass is 441 g/mol. The van der Waals surface area contributed by atoms with Crippen LogP contribution in [0.3, 0.4) is 0 Å². The molecule has 9 heteroatoms. The van der Waals surface area contributed by atoms with E-state index in [1.165, 1.54) is 19.4 Å². The molecule has 0 spiro atoms. The molecule has 0 bridgehead atoms. The van der Waals surface area contributed by atoms with Gasteiger partial charge in [0.15, 0.2) is 11.2 Å². The third-order valence-electron chi connectivity index (χ3n) is 5.48. The summed E-state index contributed by atoms with van der Waals surface area (Å²) in [4.78, 5) is 39.9. The topological polar surface area (TPSA) is 119 Å². The van der Waals surface area contributed by atoms with Crippen molar-refractivity contribution < 1.29 is 28.2 Å². The maximum atomic E-state index is 13.2. The summed E-state index contributed by atoms with van der Waals surface area (Å²) >= 11 is 0. The fourth-order valence-electron chi connectivity index (χ4n) is 3.78. The Balaban J connectivity index is 1.81. The minimum absolute atomic E-state index is 0.0797. The first-order chi connectivity index (χ1) is 15.5. The molecule has 1 fully saturated rings. The number of aromatic hydroxyl groups is 1. The Hall–Kier alpha value is -3.43. The Labute approximate surface area is 182 Å². The number of ether oxygens (including phenoxy) is 2. The maximum Gasteiger partial charge on any atom is 0.306 e. The van der Waals surface area contributed by atoms with Gasteiger partial charge >= 0.3 is 5.97 Å². The second-order valence-corrected chi connectivity index (χ2v) is 7.53. The van der Waals surface area contributed by atoms with Crippen LogP contribution < -0.4 is 10.9 Å². The van der Waals surface area contributed by atoms with Gasteiger partial charge in [0.2, 0.25) is 11.2 Å². The smallest absolute Gasteiger partial charge is 0.306 e. The fraction of sp³-hybridized carbons (Fsp3) is 0.348. The number of methoxy groups -OCH3 is 1. The van der Waals surface area contributed by atoms with Crippen molar-refractivity contribution in [2.45, 2.75) is 18.9 Å². The zero-order valence-corrected chi connectivity index (χ0v) is 17.5. The van der Waals surface area contributed by atoms with Crippen LogP contribution in [0.15, 0.2) is 55.0 Å². The molecule has 4 rings (SSSR count). The number of esters is 1. The van der Waals surface area contributed by atoms with E-state index in [4.69, 9.17) is 18.3 Å². The van der Waals surface area contributed by atoms with Gasteiger partial charge in [-0.25, -0.2) is 0 Å². The molecule has 1 aliphatic heterocycles. The molecular formula is C23H23NO8. The second kappa shape index (κ2) is 9.37. The Bertz CT molecular complexity index is 1240. The minimum atomic E-state index is -1.07. The third-order valence-corrected chi connectivity index (χ3v) is 5.48. The number of carbonyl (C=O) groups excluding carboxylic acids is 1. The number of rotatable bonds is 6. The van der Waals surface area contributed by atoms with Gasteiger partial charge in [0.25, 0.3) is 0 Å². The first-order valence-corrected chi connectivity index (χ1v) is 10.2. The molecule has 1 aromatic carbocycles. The molecule has 0 saturated carbocycles. The molecular weight excluding hydrogens is 418 g/mol. The summed E-state index contributed by atoms with van der Waals surface area (Å²) in [5, 5.41) is 10.8. The van der Waals surface area contributed by atoms with Crippen LogP contribution in [0.25, 0.3) is 11.0 Å². The lowest BCUT2D eigenvalue weighted by Crippen LogP contribution is -2.35. The van der Waals surface area contributed by atoms with Gasteiger partial charge in [0.05, 0.1) is 50.9 Å². The zero-order valence-electron chi connectivity index (χ0n) is 17.5. The number of hydrogen-bond acceptors (Lipinski definition) is 9. The van der Waals surface area contributed by atoms with E-state index in [9.17, 15) is 19.5 Å². The lowest BCUT2D eigenvalue weighted by Gasteiger charge is -2.26. The summed E-state index contributed by atoms with van der Waals surface area (Å²) in [5.41, 5.74) is -0.586. The molecule has 0 unspecified atom stereocenters. The van der Waals surface area contributed by atoms with Crippen LogP contribution in [0.5, 0.6) is 5.75 Å². The van der Waals surface area contributed by atoms with E-state index in [0.29, 0.717) is 49.6 Å². The number of benzene rings is 1. The summed E-state index contributed by atoms with van der Waals surface area (Å²) in [6.07, 6.45) is 0.906. The van der Waals surface area contributed by atoms with E-state index in [2.05, 4.69) is 0 Å². The van der Waals surface area contributed by atoms with Gasteiger partial charge in [-0.15, -0.1) is 0 Å². The Kier molecular flexibility index (Phi) is 6.38. The highest BCUT2D eigenvalue weighted by atomic mass is 16.5. The van der Waals surface area contributed by atoms with E-state index < -0.39 is 23.1 Å². The Morgan fingerprint density at radius 2 is 1.97 bits per heavy atom. The van der Waals surface area contributed by atoms with Crippen molar-refractivity contribution in [2.24, 2.45) is 0 Å². The lowest BCUT2D eigenvalue weighted by atomic mass is 9.92. The highest BCUT2D eigenvalue weighted by molar-refractivity contribution is 5.77. The summed E-state index contributed by atoms with van der Waals surface area (Å²) in [6.45, 7) is 2.79. The quantitative estimate of drug-likeness (QED) is 0.573. The maximum absolute atomic E-state index is 13.2. The van der Waals surface area contributed by atoms with Crippen LogP contribution in [-0.2, 0) is 20.8 Å². The largest absolute Gasteiger partial charge is 0.502 e. The van der Waals surface area contributed by atoms with Crippen LogP contribution in [0.4, 0.5) is 0 Å². The van der Waals surface area contributed by atoms with E-state index >= 15 is 0 Å².